The lowest BCUT2D eigenvalue weighted by atomic mass is 9.90. The van der Waals surface area contributed by atoms with E-state index in [-0.39, 0.29) is 0 Å². The van der Waals surface area contributed by atoms with Gasteiger partial charge < -0.3 is 4.90 Å². The molecule has 16 heavy (non-hydrogen) atoms. The molecular formula is C15H23N. The van der Waals surface area contributed by atoms with Crippen molar-refractivity contribution in [1.29, 1.82) is 0 Å². The molecule has 1 nitrogen and oxygen atoms in total. The van der Waals surface area contributed by atoms with Gasteiger partial charge in [0.15, 0.2) is 0 Å². The van der Waals surface area contributed by atoms with Gasteiger partial charge in [-0.2, -0.15) is 0 Å². The first-order chi connectivity index (χ1) is 7.44. The number of para-hydroxylation sites is 1. The van der Waals surface area contributed by atoms with Crippen LogP contribution in [0.1, 0.15) is 34.1 Å². The second-order valence-electron chi connectivity index (χ2n) is 5.41. The van der Waals surface area contributed by atoms with Crippen LogP contribution in [0.4, 0.5) is 5.69 Å². The molecule has 1 heteroatoms. The standard InChI is InChI=1S/C15H23N/c1-6-13(12-15(2,3)4)16(5)14-10-8-7-9-11-14/h6-11H,12H2,1-5H3/b13-6-. The van der Waals surface area contributed by atoms with E-state index in [1.165, 1.54) is 11.4 Å². The van der Waals surface area contributed by atoms with E-state index in [0.29, 0.717) is 5.41 Å². The van der Waals surface area contributed by atoms with Gasteiger partial charge in [-0.25, -0.2) is 0 Å². The lowest BCUT2D eigenvalue weighted by molar-refractivity contribution is 0.406. The molecule has 0 bridgehead atoms. The zero-order valence-electron chi connectivity index (χ0n) is 11.1. The Kier molecular flexibility index (Phi) is 4.17. The summed E-state index contributed by atoms with van der Waals surface area (Å²) in [4.78, 5) is 2.27. The van der Waals surface area contributed by atoms with Gasteiger partial charge in [0.05, 0.1) is 0 Å². The molecule has 0 radical (unpaired) electrons. The van der Waals surface area contributed by atoms with Crippen molar-refractivity contribution in [2.24, 2.45) is 5.41 Å². The van der Waals surface area contributed by atoms with E-state index in [9.17, 15) is 0 Å². The van der Waals surface area contributed by atoms with Crippen LogP contribution in [0.25, 0.3) is 0 Å². The van der Waals surface area contributed by atoms with Gasteiger partial charge in [0.2, 0.25) is 0 Å². The van der Waals surface area contributed by atoms with Crippen molar-refractivity contribution in [2.75, 3.05) is 11.9 Å². The predicted molar refractivity (Wildman–Crippen MR) is 72.7 cm³/mol. The number of hydrogen-bond acceptors (Lipinski definition) is 1. The summed E-state index contributed by atoms with van der Waals surface area (Å²) in [6.45, 7) is 8.93. The summed E-state index contributed by atoms with van der Waals surface area (Å²) in [5.41, 5.74) is 2.95. The molecule has 0 saturated heterocycles. The van der Waals surface area contributed by atoms with E-state index >= 15 is 0 Å². The number of anilines is 1. The normalized spacial score (nSPS) is 12.7. The molecule has 1 aromatic carbocycles. The van der Waals surface area contributed by atoms with Gasteiger partial charge in [-0.05, 0) is 30.9 Å². The zero-order valence-corrected chi connectivity index (χ0v) is 11.1. The minimum Gasteiger partial charge on any atom is -0.348 e. The molecule has 0 aliphatic heterocycles. The van der Waals surface area contributed by atoms with Crippen LogP contribution in [-0.2, 0) is 0 Å². The highest BCUT2D eigenvalue weighted by atomic mass is 15.1. The fourth-order valence-electron chi connectivity index (χ4n) is 1.78. The minimum absolute atomic E-state index is 0.324. The zero-order chi connectivity index (χ0) is 12.2. The van der Waals surface area contributed by atoms with Crippen molar-refractivity contribution in [3.63, 3.8) is 0 Å². The average Bonchev–Trinajstić information content (AvgIpc) is 2.25. The Morgan fingerprint density at radius 1 is 1.19 bits per heavy atom. The average molecular weight is 217 g/mol. The molecule has 0 aliphatic rings. The first kappa shape index (κ1) is 12.8. The fraction of sp³-hybridized carbons (Fsp3) is 0.467. The van der Waals surface area contributed by atoms with Crippen molar-refractivity contribution in [1.82, 2.24) is 0 Å². The van der Waals surface area contributed by atoms with Gasteiger partial charge in [-0.1, -0.05) is 45.0 Å². The molecule has 0 amide bonds. The van der Waals surface area contributed by atoms with E-state index in [4.69, 9.17) is 0 Å². The Labute approximate surface area is 99.8 Å². The van der Waals surface area contributed by atoms with Crippen LogP contribution in [0.5, 0.6) is 0 Å². The van der Waals surface area contributed by atoms with Gasteiger partial charge in [0.25, 0.3) is 0 Å². The highest BCUT2D eigenvalue weighted by Gasteiger charge is 2.15. The molecule has 0 aromatic heterocycles. The SMILES string of the molecule is C/C=C(/CC(C)(C)C)N(C)c1ccccc1. The quantitative estimate of drug-likeness (QED) is 0.722. The maximum absolute atomic E-state index is 2.27. The minimum atomic E-state index is 0.324. The summed E-state index contributed by atoms with van der Waals surface area (Å²) in [5, 5.41) is 0. The summed E-state index contributed by atoms with van der Waals surface area (Å²) in [5.74, 6) is 0. The fourth-order valence-corrected chi connectivity index (χ4v) is 1.78. The summed E-state index contributed by atoms with van der Waals surface area (Å²) >= 11 is 0. The monoisotopic (exact) mass is 217 g/mol. The molecule has 0 N–H and O–H groups in total. The third-order valence-corrected chi connectivity index (χ3v) is 2.62. The van der Waals surface area contributed by atoms with E-state index in [1.807, 2.05) is 0 Å². The largest absolute Gasteiger partial charge is 0.348 e. The van der Waals surface area contributed by atoms with Crippen molar-refractivity contribution >= 4 is 5.69 Å². The van der Waals surface area contributed by atoms with Gasteiger partial charge in [-0.15, -0.1) is 0 Å². The summed E-state index contributed by atoms with van der Waals surface area (Å²) < 4.78 is 0. The molecule has 0 spiro atoms. The van der Waals surface area contributed by atoms with E-state index in [0.717, 1.165) is 6.42 Å². The Bertz CT molecular complexity index is 343. The Balaban J connectivity index is 2.83. The first-order valence-corrected chi connectivity index (χ1v) is 5.88. The first-order valence-electron chi connectivity index (χ1n) is 5.88. The number of allylic oxidation sites excluding steroid dienone is 2. The maximum atomic E-state index is 2.27. The van der Waals surface area contributed by atoms with Gasteiger partial charge in [0.1, 0.15) is 0 Å². The second kappa shape index (κ2) is 5.20. The molecule has 0 saturated carbocycles. The number of hydrogen-bond donors (Lipinski definition) is 0. The van der Waals surface area contributed by atoms with E-state index < -0.39 is 0 Å². The number of rotatable bonds is 3. The molecule has 88 valence electrons. The Hall–Kier alpha value is -1.24. The third kappa shape index (κ3) is 3.73. The van der Waals surface area contributed by atoms with Crippen LogP contribution < -0.4 is 4.90 Å². The molecule has 0 atom stereocenters. The molecule has 0 aliphatic carbocycles. The van der Waals surface area contributed by atoms with Crippen molar-refractivity contribution in [3.8, 4) is 0 Å². The Morgan fingerprint density at radius 2 is 1.75 bits per heavy atom. The summed E-state index contributed by atoms with van der Waals surface area (Å²) in [6, 6.07) is 10.5. The van der Waals surface area contributed by atoms with Gasteiger partial charge in [0, 0.05) is 18.4 Å². The second-order valence-corrected chi connectivity index (χ2v) is 5.41. The smallest absolute Gasteiger partial charge is 0.0405 e. The molecule has 0 heterocycles. The third-order valence-electron chi connectivity index (χ3n) is 2.62. The van der Waals surface area contributed by atoms with E-state index in [2.05, 4.69) is 76.1 Å². The summed E-state index contributed by atoms with van der Waals surface area (Å²) in [6.07, 6.45) is 3.30. The van der Waals surface area contributed by atoms with E-state index in [1.54, 1.807) is 0 Å². The Morgan fingerprint density at radius 3 is 2.19 bits per heavy atom. The van der Waals surface area contributed by atoms with Crippen molar-refractivity contribution in [3.05, 3.63) is 42.1 Å². The highest BCUT2D eigenvalue weighted by Crippen LogP contribution is 2.28. The molecular weight excluding hydrogens is 194 g/mol. The number of benzene rings is 1. The lowest BCUT2D eigenvalue weighted by Crippen LogP contribution is -2.20. The van der Waals surface area contributed by atoms with Crippen LogP contribution in [0.2, 0.25) is 0 Å². The van der Waals surface area contributed by atoms with Crippen molar-refractivity contribution in [2.45, 2.75) is 34.1 Å². The topological polar surface area (TPSA) is 3.24 Å². The number of nitrogens with zero attached hydrogens (tertiary/aromatic N) is 1. The summed E-state index contributed by atoms with van der Waals surface area (Å²) in [7, 11) is 2.14. The molecule has 0 fully saturated rings. The predicted octanol–water partition coefficient (Wildman–Crippen LogP) is 4.46. The van der Waals surface area contributed by atoms with Gasteiger partial charge >= 0.3 is 0 Å². The highest BCUT2D eigenvalue weighted by molar-refractivity contribution is 5.50. The molecule has 1 rings (SSSR count). The van der Waals surface area contributed by atoms with Gasteiger partial charge in [-0.3, -0.25) is 0 Å². The van der Waals surface area contributed by atoms with Crippen LogP contribution in [0.3, 0.4) is 0 Å². The molecule has 1 aromatic rings. The molecule has 0 unspecified atom stereocenters. The van der Waals surface area contributed by atoms with Crippen LogP contribution in [-0.4, -0.2) is 7.05 Å². The van der Waals surface area contributed by atoms with Crippen LogP contribution in [0, 0.1) is 5.41 Å². The lowest BCUT2D eigenvalue weighted by Gasteiger charge is -2.28. The van der Waals surface area contributed by atoms with Crippen molar-refractivity contribution < 1.29 is 0 Å². The van der Waals surface area contributed by atoms with Crippen LogP contribution in [0.15, 0.2) is 42.1 Å². The van der Waals surface area contributed by atoms with Crippen LogP contribution >= 0.6 is 0 Å². The maximum Gasteiger partial charge on any atom is 0.0405 e.